The minimum absolute atomic E-state index is 0.125. The Morgan fingerprint density at radius 1 is 1.23 bits per heavy atom. The molecule has 0 saturated heterocycles. The van der Waals surface area contributed by atoms with Gasteiger partial charge in [0.2, 0.25) is 0 Å². The molecule has 0 unspecified atom stereocenters. The fraction of sp³-hybridized carbons (Fsp3) is 0.520. The number of amides is 1. The smallest absolute Gasteiger partial charge is 0.252 e. The van der Waals surface area contributed by atoms with Crippen LogP contribution >= 0.6 is 0 Å². The standard InChI is InChI=1S/C25H30N4O2/c1-4-5-17-10-14(2)11-22(30)20(17)13-26-25(31)19-12-21(16-6-7-16)27-24-23(19)15(3)28-29(24)18-8-9-18/h10,12,16,18H,4-9,11,13H2,1-3H3,(H,26,31). The second kappa shape index (κ2) is 7.74. The summed E-state index contributed by atoms with van der Waals surface area (Å²) in [5, 5.41) is 8.63. The summed E-state index contributed by atoms with van der Waals surface area (Å²) in [6.07, 6.45) is 8.88. The Labute approximate surface area is 182 Å². The Morgan fingerprint density at radius 2 is 2.00 bits per heavy atom. The first-order valence-corrected chi connectivity index (χ1v) is 11.6. The zero-order chi connectivity index (χ0) is 21.7. The first-order valence-electron chi connectivity index (χ1n) is 11.6. The van der Waals surface area contributed by atoms with Gasteiger partial charge in [-0.15, -0.1) is 0 Å². The number of rotatable bonds is 7. The van der Waals surface area contributed by atoms with Crippen molar-refractivity contribution in [3.8, 4) is 0 Å². The van der Waals surface area contributed by atoms with Crippen molar-refractivity contribution in [2.75, 3.05) is 6.54 Å². The fourth-order valence-electron chi connectivity index (χ4n) is 4.62. The number of hydrogen-bond acceptors (Lipinski definition) is 4. The molecule has 2 fully saturated rings. The second-order valence-electron chi connectivity index (χ2n) is 9.36. The average molecular weight is 419 g/mol. The molecule has 3 aliphatic carbocycles. The number of nitrogens with one attached hydrogen (secondary N) is 1. The van der Waals surface area contributed by atoms with E-state index in [1.54, 1.807) is 0 Å². The highest BCUT2D eigenvalue weighted by Gasteiger charge is 2.32. The summed E-state index contributed by atoms with van der Waals surface area (Å²) in [5.41, 5.74) is 6.23. The highest BCUT2D eigenvalue weighted by Crippen LogP contribution is 2.42. The van der Waals surface area contributed by atoms with Gasteiger partial charge < -0.3 is 5.32 Å². The van der Waals surface area contributed by atoms with E-state index in [-0.39, 0.29) is 18.2 Å². The van der Waals surface area contributed by atoms with Crippen molar-refractivity contribution in [1.29, 1.82) is 0 Å². The van der Waals surface area contributed by atoms with E-state index in [1.165, 1.54) is 0 Å². The van der Waals surface area contributed by atoms with Crippen LogP contribution in [0.1, 0.15) is 92.5 Å². The molecule has 1 amide bonds. The van der Waals surface area contributed by atoms with Crippen LogP contribution < -0.4 is 5.32 Å². The topological polar surface area (TPSA) is 76.9 Å². The number of nitrogens with zero attached hydrogens (tertiary/aromatic N) is 3. The molecule has 2 aromatic heterocycles. The molecule has 0 spiro atoms. The molecule has 0 aromatic carbocycles. The zero-order valence-electron chi connectivity index (χ0n) is 18.6. The molecule has 0 aliphatic heterocycles. The van der Waals surface area contributed by atoms with Crippen LogP contribution in [0, 0.1) is 6.92 Å². The van der Waals surface area contributed by atoms with Crippen molar-refractivity contribution in [2.24, 2.45) is 0 Å². The number of carbonyl (C=O) groups is 2. The molecule has 31 heavy (non-hydrogen) atoms. The number of allylic oxidation sites excluding steroid dienone is 3. The predicted molar refractivity (Wildman–Crippen MR) is 120 cm³/mol. The molecule has 3 aliphatic rings. The van der Waals surface area contributed by atoms with Crippen LogP contribution in [0.2, 0.25) is 0 Å². The molecule has 0 atom stereocenters. The molecule has 5 rings (SSSR count). The number of fused-ring (bicyclic) bond motifs is 1. The molecule has 2 aromatic rings. The maximum atomic E-state index is 13.4. The van der Waals surface area contributed by atoms with Gasteiger partial charge in [0.25, 0.3) is 5.91 Å². The summed E-state index contributed by atoms with van der Waals surface area (Å²) < 4.78 is 2.02. The Morgan fingerprint density at radius 3 is 2.68 bits per heavy atom. The number of hydrogen-bond donors (Lipinski definition) is 1. The number of carbonyl (C=O) groups excluding carboxylic acids is 2. The average Bonchev–Trinajstić information content (AvgIpc) is 3.64. The maximum absolute atomic E-state index is 13.4. The Bertz CT molecular complexity index is 1150. The lowest BCUT2D eigenvalue weighted by atomic mass is 9.89. The van der Waals surface area contributed by atoms with E-state index >= 15 is 0 Å². The lowest BCUT2D eigenvalue weighted by molar-refractivity contribution is -0.115. The van der Waals surface area contributed by atoms with Crippen molar-refractivity contribution in [1.82, 2.24) is 20.1 Å². The van der Waals surface area contributed by atoms with Gasteiger partial charge in [0.15, 0.2) is 11.4 Å². The van der Waals surface area contributed by atoms with E-state index in [9.17, 15) is 9.59 Å². The molecule has 6 heteroatoms. The third-order valence-electron chi connectivity index (χ3n) is 6.52. The van der Waals surface area contributed by atoms with Gasteiger partial charge in [0, 0.05) is 30.2 Å². The van der Waals surface area contributed by atoms with Gasteiger partial charge in [-0.05, 0) is 57.6 Å². The van der Waals surface area contributed by atoms with Crippen LogP contribution in [-0.4, -0.2) is 33.0 Å². The molecule has 2 saturated carbocycles. The van der Waals surface area contributed by atoms with Gasteiger partial charge in [-0.1, -0.05) is 25.0 Å². The molecule has 0 radical (unpaired) electrons. The molecule has 1 N–H and O–H groups in total. The van der Waals surface area contributed by atoms with E-state index in [4.69, 9.17) is 10.1 Å². The SMILES string of the molecule is CCCC1=C(CNC(=O)c2cc(C3CC3)nc3c2c(C)nn3C2CC2)C(=O)CC(C)=C1. The van der Waals surface area contributed by atoms with Crippen molar-refractivity contribution < 1.29 is 9.59 Å². The zero-order valence-corrected chi connectivity index (χ0v) is 18.6. The number of Topliss-reactive ketones (excluding diaryl/α,β-unsaturated/α-hetero) is 1. The minimum atomic E-state index is -0.143. The quantitative estimate of drug-likeness (QED) is 0.707. The van der Waals surface area contributed by atoms with Crippen LogP contribution in [0.4, 0.5) is 0 Å². The largest absolute Gasteiger partial charge is 0.348 e. The van der Waals surface area contributed by atoms with Crippen LogP contribution in [0.25, 0.3) is 11.0 Å². The normalized spacial score (nSPS) is 19.2. The van der Waals surface area contributed by atoms with Gasteiger partial charge in [-0.2, -0.15) is 5.10 Å². The van der Waals surface area contributed by atoms with Crippen LogP contribution in [0.3, 0.4) is 0 Å². The predicted octanol–water partition coefficient (Wildman–Crippen LogP) is 4.70. The second-order valence-corrected chi connectivity index (χ2v) is 9.36. The summed E-state index contributed by atoms with van der Waals surface area (Å²) in [5.74, 6) is 0.431. The van der Waals surface area contributed by atoms with E-state index < -0.39 is 0 Å². The monoisotopic (exact) mass is 418 g/mol. The highest BCUT2D eigenvalue weighted by molar-refractivity contribution is 6.07. The van der Waals surface area contributed by atoms with Crippen molar-refractivity contribution >= 4 is 22.7 Å². The van der Waals surface area contributed by atoms with Crippen molar-refractivity contribution in [2.45, 2.75) is 77.7 Å². The van der Waals surface area contributed by atoms with Gasteiger partial charge in [-0.3, -0.25) is 9.59 Å². The van der Waals surface area contributed by atoms with Crippen molar-refractivity contribution in [3.63, 3.8) is 0 Å². The molecule has 6 nitrogen and oxygen atoms in total. The highest BCUT2D eigenvalue weighted by atomic mass is 16.2. The summed E-state index contributed by atoms with van der Waals surface area (Å²) >= 11 is 0. The fourth-order valence-corrected chi connectivity index (χ4v) is 4.62. The summed E-state index contributed by atoms with van der Waals surface area (Å²) in [7, 11) is 0. The Hall–Kier alpha value is -2.76. The van der Waals surface area contributed by atoms with E-state index in [0.717, 1.165) is 77.7 Å². The molecule has 0 bridgehead atoms. The minimum Gasteiger partial charge on any atom is -0.348 e. The summed E-state index contributed by atoms with van der Waals surface area (Å²) in [6, 6.07) is 2.36. The molecular weight excluding hydrogens is 388 g/mol. The van der Waals surface area contributed by atoms with Gasteiger partial charge >= 0.3 is 0 Å². The van der Waals surface area contributed by atoms with Crippen molar-refractivity contribution in [3.05, 3.63) is 45.8 Å². The van der Waals surface area contributed by atoms with Crippen LogP contribution in [0.5, 0.6) is 0 Å². The number of ketones is 1. The number of aryl methyl sites for hydroxylation is 1. The first-order chi connectivity index (χ1) is 15.0. The Kier molecular flexibility index (Phi) is 5.03. The van der Waals surface area contributed by atoms with Gasteiger partial charge in [0.1, 0.15) is 0 Å². The van der Waals surface area contributed by atoms with E-state index in [1.807, 2.05) is 24.6 Å². The van der Waals surface area contributed by atoms with Gasteiger partial charge in [-0.25, -0.2) is 9.67 Å². The third kappa shape index (κ3) is 3.84. The van der Waals surface area contributed by atoms with E-state index in [0.29, 0.717) is 23.9 Å². The lowest BCUT2D eigenvalue weighted by Gasteiger charge is -2.18. The van der Waals surface area contributed by atoms with E-state index in [2.05, 4.69) is 18.3 Å². The molecule has 2 heterocycles. The summed E-state index contributed by atoms with van der Waals surface area (Å²) in [6.45, 7) is 6.33. The van der Waals surface area contributed by atoms with Gasteiger partial charge in [0.05, 0.1) is 22.7 Å². The Balaban J connectivity index is 1.48. The third-order valence-corrected chi connectivity index (χ3v) is 6.52. The summed E-state index contributed by atoms with van der Waals surface area (Å²) in [4.78, 5) is 30.9. The number of pyridine rings is 1. The van der Waals surface area contributed by atoms with Crippen LogP contribution in [0.15, 0.2) is 28.9 Å². The first kappa shape index (κ1) is 20.2. The molecular formula is C25H30N4O2. The maximum Gasteiger partial charge on any atom is 0.252 e. The van der Waals surface area contributed by atoms with Crippen LogP contribution in [-0.2, 0) is 4.79 Å². The number of aromatic nitrogens is 3. The molecule has 162 valence electrons. The lowest BCUT2D eigenvalue weighted by Crippen LogP contribution is -2.30.